The van der Waals surface area contributed by atoms with Crippen LogP contribution in [-0.2, 0) is 6.54 Å². The Hall–Kier alpha value is -3.32. The third-order valence-electron chi connectivity index (χ3n) is 6.93. The van der Waals surface area contributed by atoms with Crippen molar-refractivity contribution in [3.8, 4) is 0 Å². The molecule has 1 aliphatic heterocycles. The molecule has 170 valence electrons. The van der Waals surface area contributed by atoms with E-state index in [2.05, 4.69) is 69.6 Å². The second-order valence-electron chi connectivity index (χ2n) is 9.34. The predicted octanol–water partition coefficient (Wildman–Crippen LogP) is 4.00. The molecule has 0 spiro atoms. The largest absolute Gasteiger partial charge is 0.321 e. The van der Waals surface area contributed by atoms with Gasteiger partial charge in [0.05, 0.1) is 12.1 Å². The number of nitrogens with zero attached hydrogens (tertiary/aromatic N) is 5. The van der Waals surface area contributed by atoms with Crippen molar-refractivity contribution in [2.24, 2.45) is 5.92 Å². The molecule has 1 atom stereocenters. The molecule has 0 amide bonds. The van der Waals surface area contributed by atoms with Gasteiger partial charge in [-0.15, -0.1) is 5.10 Å². The summed E-state index contributed by atoms with van der Waals surface area (Å²) in [5.41, 5.74) is 4.86. The van der Waals surface area contributed by atoms with Crippen LogP contribution >= 0.6 is 0 Å². The average Bonchev–Trinajstić information content (AvgIpc) is 3.27. The quantitative estimate of drug-likeness (QED) is 0.505. The predicted molar refractivity (Wildman–Crippen MR) is 129 cm³/mol. The maximum absolute atomic E-state index is 13.4. The fourth-order valence-electron chi connectivity index (χ4n) is 4.86. The van der Waals surface area contributed by atoms with E-state index in [1.807, 2.05) is 29.8 Å². The van der Waals surface area contributed by atoms with E-state index >= 15 is 0 Å². The minimum Gasteiger partial charge on any atom is -0.321 e. The molecule has 33 heavy (non-hydrogen) atoms. The fourth-order valence-corrected chi connectivity index (χ4v) is 4.86. The highest BCUT2D eigenvalue weighted by atomic mass is 16.1. The molecule has 0 aliphatic carbocycles. The molecule has 7 nitrogen and oxygen atoms in total. The van der Waals surface area contributed by atoms with Gasteiger partial charge >= 0.3 is 0 Å². The Morgan fingerprint density at radius 1 is 1.06 bits per heavy atom. The van der Waals surface area contributed by atoms with Gasteiger partial charge in [0.15, 0.2) is 5.82 Å². The van der Waals surface area contributed by atoms with E-state index in [0.717, 1.165) is 53.5 Å². The van der Waals surface area contributed by atoms with Crippen LogP contribution in [0.2, 0.25) is 0 Å². The number of piperidine rings is 1. The minimum absolute atomic E-state index is 0.0749. The van der Waals surface area contributed by atoms with Gasteiger partial charge in [0.1, 0.15) is 6.04 Å². The lowest BCUT2D eigenvalue weighted by molar-refractivity contribution is 0.149. The van der Waals surface area contributed by atoms with Crippen LogP contribution in [0.1, 0.15) is 53.9 Å². The van der Waals surface area contributed by atoms with Crippen molar-refractivity contribution in [2.75, 3.05) is 13.1 Å². The zero-order chi connectivity index (χ0) is 22.9. The number of hydrogen-bond acceptors (Lipinski definition) is 5. The summed E-state index contributed by atoms with van der Waals surface area (Å²) in [6.45, 7) is 8.79. The first kappa shape index (κ1) is 21.5. The van der Waals surface area contributed by atoms with Crippen LogP contribution in [0.4, 0.5) is 0 Å². The van der Waals surface area contributed by atoms with Crippen LogP contribution in [0.15, 0.2) is 53.3 Å². The number of hydrogen-bond donors (Lipinski definition) is 1. The van der Waals surface area contributed by atoms with Crippen molar-refractivity contribution >= 4 is 10.9 Å². The number of aromatic nitrogens is 5. The van der Waals surface area contributed by atoms with E-state index in [-0.39, 0.29) is 11.6 Å². The number of rotatable bonds is 5. The molecule has 1 N–H and O–H groups in total. The molecule has 0 bridgehead atoms. The fraction of sp³-hybridized carbons (Fsp3) is 0.385. The number of nitrogens with one attached hydrogen (secondary N) is 1. The lowest BCUT2D eigenvalue weighted by Gasteiger charge is -2.36. The summed E-state index contributed by atoms with van der Waals surface area (Å²) in [7, 11) is 0. The molecule has 3 heterocycles. The summed E-state index contributed by atoms with van der Waals surface area (Å²) in [6, 6.07) is 16.1. The summed E-state index contributed by atoms with van der Waals surface area (Å²) >= 11 is 0. The van der Waals surface area contributed by atoms with Crippen LogP contribution in [0.25, 0.3) is 10.9 Å². The van der Waals surface area contributed by atoms with Gasteiger partial charge in [0, 0.05) is 10.9 Å². The van der Waals surface area contributed by atoms with Gasteiger partial charge in [0.25, 0.3) is 5.56 Å². The number of aromatic amines is 1. The smallest absolute Gasteiger partial charge is 0.253 e. The number of aryl methyl sites for hydroxylation is 2. The number of fused-ring (bicyclic) bond motifs is 1. The van der Waals surface area contributed by atoms with Gasteiger partial charge in [-0.05, 0) is 78.9 Å². The average molecular weight is 443 g/mol. The van der Waals surface area contributed by atoms with Crippen LogP contribution in [0, 0.1) is 19.8 Å². The molecule has 2 aromatic carbocycles. The summed E-state index contributed by atoms with van der Waals surface area (Å²) in [4.78, 5) is 19.0. The van der Waals surface area contributed by atoms with Crippen LogP contribution in [-0.4, -0.2) is 43.2 Å². The Labute approximate surface area is 193 Å². The van der Waals surface area contributed by atoms with E-state index in [4.69, 9.17) is 0 Å². The molecular weight excluding hydrogens is 412 g/mol. The molecular formula is C26H30N6O. The molecule has 1 saturated heterocycles. The third kappa shape index (κ3) is 4.20. The van der Waals surface area contributed by atoms with E-state index < -0.39 is 0 Å². The van der Waals surface area contributed by atoms with Crippen LogP contribution in [0.5, 0.6) is 0 Å². The lowest BCUT2D eigenvalue weighted by atomic mass is 9.94. The zero-order valence-electron chi connectivity index (χ0n) is 19.5. The van der Waals surface area contributed by atoms with Gasteiger partial charge < -0.3 is 4.98 Å². The Bertz CT molecular complexity index is 1320. The second-order valence-corrected chi connectivity index (χ2v) is 9.34. The number of pyridine rings is 1. The monoisotopic (exact) mass is 442 g/mol. The van der Waals surface area contributed by atoms with Crippen molar-refractivity contribution in [1.29, 1.82) is 0 Å². The van der Waals surface area contributed by atoms with Gasteiger partial charge in [-0.1, -0.05) is 49.4 Å². The first-order chi connectivity index (χ1) is 16.0. The van der Waals surface area contributed by atoms with Crippen molar-refractivity contribution in [1.82, 2.24) is 30.1 Å². The van der Waals surface area contributed by atoms with Crippen molar-refractivity contribution < 1.29 is 0 Å². The van der Waals surface area contributed by atoms with Crippen LogP contribution in [0.3, 0.4) is 0 Å². The van der Waals surface area contributed by atoms with E-state index in [1.165, 1.54) is 0 Å². The van der Waals surface area contributed by atoms with Crippen molar-refractivity contribution in [3.63, 3.8) is 0 Å². The molecule has 7 heteroatoms. The van der Waals surface area contributed by atoms with Crippen molar-refractivity contribution in [2.45, 2.75) is 46.2 Å². The molecule has 1 aliphatic rings. The Balaban J connectivity index is 1.64. The molecule has 5 rings (SSSR count). The molecule has 4 aromatic rings. The number of tetrazole rings is 1. The maximum Gasteiger partial charge on any atom is 0.253 e. The highest BCUT2D eigenvalue weighted by Crippen LogP contribution is 2.31. The minimum atomic E-state index is -0.302. The third-order valence-corrected chi connectivity index (χ3v) is 6.93. The van der Waals surface area contributed by atoms with Crippen molar-refractivity contribution in [3.05, 3.63) is 87.0 Å². The summed E-state index contributed by atoms with van der Waals surface area (Å²) in [5.74, 6) is 1.39. The summed E-state index contributed by atoms with van der Waals surface area (Å²) in [6.07, 6.45) is 2.20. The molecule has 0 radical (unpaired) electrons. The molecule has 2 aromatic heterocycles. The van der Waals surface area contributed by atoms with E-state index in [1.54, 1.807) is 0 Å². The molecule has 1 fully saturated rings. The maximum atomic E-state index is 13.4. The number of benzene rings is 2. The van der Waals surface area contributed by atoms with Gasteiger partial charge in [-0.25, -0.2) is 4.68 Å². The Kier molecular flexibility index (Phi) is 5.81. The Morgan fingerprint density at radius 3 is 2.55 bits per heavy atom. The van der Waals surface area contributed by atoms with Gasteiger partial charge in [0.2, 0.25) is 0 Å². The highest BCUT2D eigenvalue weighted by molar-refractivity contribution is 5.85. The van der Waals surface area contributed by atoms with Gasteiger partial charge in [-0.3, -0.25) is 9.69 Å². The Morgan fingerprint density at radius 2 is 1.79 bits per heavy atom. The van der Waals surface area contributed by atoms with Crippen LogP contribution < -0.4 is 5.56 Å². The lowest BCUT2D eigenvalue weighted by Crippen LogP contribution is -2.40. The number of likely N-dealkylation sites (tertiary alicyclic amines) is 1. The van der Waals surface area contributed by atoms with Gasteiger partial charge in [-0.2, -0.15) is 0 Å². The molecule has 1 unspecified atom stereocenters. The first-order valence-electron chi connectivity index (χ1n) is 11.7. The summed E-state index contributed by atoms with van der Waals surface area (Å²) < 4.78 is 1.84. The zero-order valence-corrected chi connectivity index (χ0v) is 19.5. The highest BCUT2D eigenvalue weighted by Gasteiger charge is 2.32. The second kappa shape index (κ2) is 8.90. The number of H-pyrrole nitrogens is 1. The van der Waals surface area contributed by atoms with E-state index in [0.29, 0.717) is 23.9 Å². The normalized spacial score (nSPS) is 16.3. The van der Waals surface area contributed by atoms with E-state index in [9.17, 15) is 4.79 Å². The topological polar surface area (TPSA) is 79.7 Å². The molecule has 0 saturated carbocycles. The SMILES string of the molecule is Cc1ccc(C)c2[nH]c(=O)c(C(c3nnnn3Cc3ccccc3)N3CCC(C)CC3)cc12. The standard InChI is InChI=1S/C26H30N6O/c1-17-11-13-31(14-12-17)24(25-28-29-30-32(25)16-20-7-5-4-6-8-20)22-15-21-18(2)9-10-19(3)23(21)27-26(22)33/h4-10,15,17,24H,11-14,16H2,1-3H3,(H,27,33). The summed E-state index contributed by atoms with van der Waals surface area (Å²) in [5, 5.41) is 13.9. The first-order valence-corrected chi connectivity index (χ1v) is 11.7.